The lowest BCUT2D eigenvalue weighted by Crippen LogP contribution is -2.38. The van der Waals surface area contributed by atoms with E-state index in [2.05, 4.69) is 34.1 Å². The summed E-state index contributed by atoms with van der Waals surface area (Å²) in [7, 11) is 0. The quantitative estimate of drug-likeness (QED) is 0.665. The number of hydrogen-bond acceptors (Lipinski definition) is 3. The molecule has 1 aromatic heterocycles. The molecule has 156 valence electrons. The van der Waals surface area contributed by atoms with Gasteiger partial charge in [-0.2, -0.15) is 0 Å². The van der Waals surface area contributed by atoms with Crippen LogP contribution in [0.3, 0.4) is 0 Å². The second-order valence-corrected chi connectivity index (χ2v) is 8.24. The maximum absolute atomic E-state index is 13.2. The summed E-state index contributed by atoms with van der Waals surface area (Å²) in [6.07, 6.45) is 5.37. The number of nitrogens with zero attached hydrogens (tertiary/aromatic N) is 1. The van der Waals surface area contributed by atoms with Gasteiger partial charge in [-0.3, -0.25) is 4.79 Å². The number of benzene rings is 2. The fourth-order valence-corrected chi connectivity index (χ4v) is 4.59. The number of para-hydroxylation sites is 1. The summed E-state index contributed by atoms with van der Waals surface area (Å²) in [6, 6.07) is 16.7. The zero-order valence-electron chi connectivity index (χ0n) is 17.2. The lowest BCUT2D eigenvalue weighted by atomic mass is 9.98. The van der Waals surface area contributed by atoms with Gasteiger partial charge in [0.1, 0.15) is 0 Å². The van der Waals surface area contributed by atoms with Crippen molar-refractivity contribution in [2.75, 3.05) is 19.8 Å². The maximum Gasteiger partial charge on any atom is 0.223 e. The van der Waals surface area contributed by atoms with Gasteiger partial charge in [0.25, 0.3) is 0 Å². The number of piperidine rings is 1. The van der Waals surface area contributed by atoms with Crippen molar-refractivity contribution in [1.29, 1.82) is 0 Å². The Labute approximate surface area is 177 Å². The molecule has 1 amide bonds. The molecule has 0 bridgehead atoms. The summed E-state index contributed by atoms with van der Waals surface area (Å²) < 4.78 is 11.5. The molecule has 3 heterocycles. The molecular weight excluding hydrogens is 376 g/mol. The molecule has 5 rings (SSSR count). The Morgan fingerprint density at radius 2 is 1.87 bits per heavy atom. The molecular formula is C25H28N2O3. The molecule has 0 saturated carbocycles. The van der Waals surface area contributed by atoms with Gasteiger partial charge in [0.2, 0.25) is 5.91 Å². The minimum absolute atomic E-state index is 0.141. The highest BCUT2D eigenvalue weighted by Gasteiger charge is 2.28. The summed E-state index contributed by atoms with van der Waals surface area (Å²) in [5.74, 6) is 1.83. The van der Waals surface area contributed by atoms with Crippen LogP contribution in [0.4, 0.5) is 0 Å². The molecule has 1 N–H and O–H groups in total. The van der Waals surface area contributed by atoms with Gasteiger partial charge in [0, 0.05) is 30.6 Å². The fourth-order valence-electron chi connectivity index (χ4n) is 4.59. The fraction of sp³-hybridized carbons (Fsp3) is 0.400. The molecule has 1 atom stereocenters. The van der Waals surface area contributed by atoms with Crippen LogP contribution in [-0.2, 0) is 11.2 Å². The number of carbonyl (C=O) groups is 1. The number of amides is 1. The summed E-state index contributed by atoms with van der Waals surface area (Å²) in [6.45, 7) is 2.20. The van der Waals surface area contributed by atoms with Gasteiger partial charge < -0.3 is 19.4 Å². The van der Waals surface area contributed by atoms with Crippen molar-refractivity contribution in [3.63, 3.8) is 0 Å². The van der Waals surface area contributed by atoms with E-state index in [9.17, 15) is 4.79 Å². The number of fused-ring (bicyclic) bond motifs is 2. The Morgan fingerprint density at radius 3 is 2.77 bits per heavy atom. The van der Waals surface area contributed by atoms with Crippen LogP contribution in [-0.4, -0.2) is 35.5 Å². The largest absolute Gasteiger partial charge is 0.490 e. The predicted molar refractivity (Wildman–Crippen MR) is 117 cm³/mol. The van der Waals surface area contributed by atoms with Crippen LogP contribution >= 0.6 is 0 Å². The van der Waals surface area contributed by atoms with Gasteiger partial charge in [0.15, 0.2) is 11.5 Å². The summed E-state index contributed by atoms with van der Waals surface area (Å²) in [5.41, 5.74) is 3.41. The molecule has 2 aliphatic rings. The molecule has 1 saturated heterocycles. The van der Waals surface area contributed by atoms with Crippen molar-refractivity contribution in [1.82, 2.24) is 9.88 Å². The SMILES string of the molecule is O=C(CCc1ccc2c(c1)OCCCO2)N1CCCCC1c1cc2ccccc2[nH]1. The highest BCUT2D eigenvalue weighted by Crippen LogP contribution is 2.34. The predicted octanol–water partition coefficient (Wildman–Crippen LogP) is 5.02. The summed E-state index contributed by atoms with van der Waals surface area (Å²) in [4.78, 5) is 18.8. The van der Waals surface area contributed by atoms with Crippen molar-refractivity contribution in [2.45, 2.75) is 44.6 Å². The summed E-state index contributed by atoms with van der Waals surface area (Å²) >= 11 is 0. The van der Waals surface area contributed by atoms with Gasteiger partial charge in [-0.15, -0.1) is 0 Å². The standard InChI is InChI=1S/C25H28N2O3/c28-25(12-10-18-9-11-23-24(16-18)30-15-5-14-29-23)27-13-4-3-8-22(27)21-17-19-6-1-2-7-20(19)26-21/h1-2,6-7,9,11,16-17,22,26H,3-5,8,10,12-15H2. The molecule has 2 aliphatic heterocycles. The Bertz CT molecular complexity index is 1010. The van der Waals surface area contributed by atoms with Crippen LogP contribution in [0.2, 0.25) is 0 Å². The third-order valence-corrected chi connectivity index (χ3v) is 6.17. The van der Waals surface area contributed by atoms with E-state index in [1.165, 1.54) is 5.39 Å². The van der Waals surface area contributed by atoms with E-state index < -0.39 is 0 Å². The van der Waals surface area contributed by atoms with Crippen molar-refractivity contribution >= 4 is 16.8 Å². The van der Waals surface area contributed by atoms with E-state index in [0.29, 0.717) is 26.1 Å². The Balaban J connectivity index is 1.29. The van der Waals surface area contributed by atoms with Gasteiger partial charge >= 0.3 is 0 Å². The number of H-pyrrole nitrogens is 1. The number of aromatic amines is 1. The smallest absolute Gasteiger partial charge is 0.223 e. The topological polar surface area (TPSA) is 54.6 Å². The van der Waals surface area contributed by atoms with Gasteiger partial charge in [-0.05, 0) is 60.9 Å². The van der Waals surface area contributed by atoms with E-state index in [4.69, 9.17) is 9.47 Å². The monoisotopic (exact) mass is 404 g/mol. The number of hydrogen-bond donors (Lipinski definition) is 1. The second-order valence-electron chi connectivity index (χ2n) is 8.24. The van der Waals surface area contributed by atoms with Crippen molar-refractivity contribution in [2.24, 2.45) is 0 Å². The Kier molecular flexibility index (Phi) is 5.35. The van der Waals surface area contributed by atoms with E-state index >= 15 is 0 Å². The number of ether oxygens (including phenoxy) is 2. The molecule has 30 heavy (non-hydrogen) atoms. The lowest BCUT2D eigenvalue weighted by molar-refractivity contribution is -0.135. The van der Waals surface area contributed by atoms with E-state index in [-0.39, 0.29) is 11.9 Å². The first kappa shape index (κ1) is 19.0. The minimum atomic E-state index is 0.141. The van der Waals surface area contributed by atoms with Gasteiger partial charge in [-0.1, -0.05) is 24.3 Å². The van der Waals surface area contributed by atoms with Gasteiger partial charge in [-0.25, -0.2) is 0 Å². The Morgan fingerprint density at radius 1 is 1.00 bits per heavy atom. The van der Waals surface area contributed by atoms with Crippen LogP contribution in [0.25, 0.3) is 10.9 Å². The highest BCUT2D eigenvalue weighted by molar-refractivity contribution is 5.81. The molecule has 3 aromatic rings. The third kappa shape index (κ3) is 3.89. The number of carbonyl (C=O) groups excluding carboxylic acids is 1. The molecule has 1 fully saturated rings. The van der Waals surface area contributed by atoms with E-state index in [1.807, 2.05) is 24.3 Å². The van der Waals surface area contributed by atoms with Crippen molar-refractivity contribution in [3.8, 4) is 11.5 Å². The van der Waals surface area contributed by atoms with E-state index in [0.717, 1.165) is 60.5 Å². The molecule has 1 unspecified atom stereocenters. The molecule has 0 aliphatic carbocycles. The van der Waals surface area contributed by atoms with Crippen LogP contribution in [0.15, 0.2) is 48.5 Å². The first-order valence-electron chi connectivity index (χ1n) is 11.0. The highest BCUT2D eigenvalue weighted by atomic mass is 16.5. The lowest BCUT2D eigenvalue weighted by Gasteiger charge is -2.35. The maximum atomic E-state index is 13.2. The molecule has 5 nitrogen and oxygen atoms in total. The number of nitrogens with one attached hydrogen (secondary N) is 1. The molecule has 0 radical (unpaired) electrons. The third-order valence-electron chi connectivity index (χ3n) is 6.17. The number of aryl methyl sites for hydroxylation is 1. The second kappa shape index (κ2) is 8.42. The average Bonchev–Trinajstić information content (AvgIpc) is 3.08. The average molecular weight is 405 g/mol. The van der Waals surface area contributed by atoms with Crippen molar-refractivity contribution in [3.05, 3.63) is 59.8 Å². The molecule has 2 aromatic carbocycles. The zero-order chi connectivity index (χ0) is 20.3. The number of rotatable bonds is 4. The van der Waals surface area contributed by atoms with Gasteiger partial charge in [0.05, 0.1) is 19.3 Å². The molecule has 0 spiro atoms. The van der Waals surface area contributed by atoms with Crippen molar-refractivity contribution < 1.29 is 14.3 Å². The zero-order valence-corrected chi connectivity index (χ0v) is 17.2. The van der Waals surface area contributed by atoms with Crippen LogP contribution in [0.1, 0.15) is 49.4 Å². The van der Waals surface area contributed by atoms with Crippen LogP contribution in [0, 0.1) is 0 Å². The first-order valence-corrected chi connectivity index (χ1v) is 11.0. The normalized spacial score (nSPS) is 18.9. The van der Waals surface area contributed by atoms with Crippen LogP contribution in [0.5, 0.6) is 11.5 Å². The van der Waals surface area contributed by atoms with E-state index in [1.54, 1.807) is 0 Å². The first-order chi connectivity index (χ1) is 14.8. The Hall–Kier alpha value is -2.95. The minimum Gasteiger partial charge on any atom is -0.490 e. The summed E-state index contributed by atoms with van der Waals surface area (Å²) in [5, 5.41) is 1.21. The molecule has 5 heteroatoms. The number of aromatic nitrogens is 1. The van der Waals surface area contributed by atoms with Crippen LogP contribution < -0.4 is 9.47 Å². The number of likely N-dealkylation sites (tertiary alicyclic amines) is 1.